The highest BCUT2D eigenvalue weighted by Crippen LogP contribution is 2.47. The summed E-state index contributed by atoms with van der Waals surface area (Å²) >= 11 is 6.51. The molecule has 0 N–H and O–H groups in total. The van der Waals surface area contributed by atoms with Crippen molar-refractivity contribution in [1.82, 2.24) is 14.8 Å². The lowest BCUT2D eigenvalue weighted by atomic mass is 9.82. The molecule has 0 radical (unpaired) electrons. The molecule has 0 saturated heterocycles. The highest BCUT2D eigenvalue weighted by Gasteiger charge is 2.40. The van der Waals surface area contributed by atoms with Crippen LogP contribution in [-0.4, -0.2) is 32.1 Å². The van der Waals surface area contributed by atoms with Gasteiger partial charge in [0.25, 0.3) is 0 Å². The number of carbonyl (C=O) groups excluding carboxylic acids is 2. The molecular weight excluding hydrogens is 522 g/mol. The third-order valence-electron chi connectivity index (χ3n) is 7.63. The molecule has 7 heteroatoms. The second kappa shape index (κ2) is 11.4. The van der Waals surface area contributed by atoms with Crippen molar-refractivity contribution in [3.05, 3.63) is 93.5 Å². The monoisotopic (exact) mass is 555 g/mol. The van der Waals surface area contributed by atoms with Crippen LogP contribution in [0.25, 0.3) is 0 Å². The Kier molecular flexibility index (Phi) is 7.96. The van der Waals surface area contributed by atoms with Crippen molar-refractivity contribution >= 4 is 23.4 Å². The fourth-order valence-corrected chi connectivity index (χ4v) is 5.96. The molecule has 3 atom stereocenters. The molecule has 5 rings (SSSR count). The number of rotatable bonds is 5. The summed E-state index contributed by atoms with van der Waals surface area (Å²) in [5, 5.41) is 4.88. The molecule has 40 heavy (non-hydrogen) atoms. The van der Waals surface area contributed by atoms with Gasteiger partial charge in [-0.25, -0.2) is 4.79 Å². The van der Waals surface area contributed by atoms with Crippen LogP contribution in [0.1, 0.15) is 85.4 Å². The summed E-state index contributed by atoms with van der Waals surface area (Å²) in [4.78, 5) is 30.7. The largest absolute Gasteiger partial charge is 0.457 e. The van der Waals surface area contributed by atoms with Crippen molar-refractivity contribution in [2.75, 3.05) is 0 Å². The number of pyridine rings is 1. The maximum absolute atomic E-state index is 13.5. The summed E-state index contributed by atoms with van der Waals surface area (Å²) in [7, 11) is 0. The number of aryl methyl sites for hydroxylation is 1. The molecule has 2 heterocycles. The minimum absolute atomic E-state index is 0.0533. The highest BCUT2D eigenvalue weighted by atomic mass is 35.5. The molecular formula is C33H34ClN3O3. The number of fused-ring (bicyclic) bond motifs is 1. The van der Waals surface area contributed by atoms with E-state index in [1.807, 2.05) is 74.9 Å². The Labute approximate surface area is 240 Å². The van der Waals surface area contributed by atoms with Crippen molar-refractivity contribution in [3.63, 3.8) is 0 Å². The predicted octanol–water partition coefficient (Wildman–Crippen LogP) is 6.69. The van der Waals surface area contributed by atoms with Crippen molar-refractivity contribution < 1.29 is 14.3 Å². The Morgan fingerprint density at radius 2 is 1.80 bits per heavy atom. The van der Waals surface area contributed by atoms with Crippen LogP contribution < -0.4 is 0 Å². The zero-order valence-corrected chi connectivity index (χ0v) is 24.2. The number of carbonyl (C=O) groups is 2. The predicted molar refractivity (Wildman–Crippen MR) is 155 cm³/mol. The van der Waals surface area contributed by atoms with E-state index in [1.165, 1.54) is 0 Å². The normalized spacial score (nSPS) is 20.2. The molecule has 1 fully saturated rings. The van der Waals surface area contributed by atoms with Gasteiger partial charge in [0.2, 0.25) is 0 Å². The fraction of sp³-hybridized carbons (Fsp3) is 0.394. The lowest BCUT2D eigenvalue weighted by molar-refractivity contribution is -0.150. The number of esters is 1. The van der Waals surface area contributed by atoms with E-state index in [0.29, 0.717) is 34.7 Å². The van der Waals surface area contributed by atoms with Gasteiger partial charge < -0.3 is 4.74 Å². The van der Waals surface area contributed by atoms with E-state index in [0.717, 1.165) is 41.5 Å². The fourth-order valence-electron chi connectivity index (χ4n) is 5.73. The standard InChI is InChI=1S/C33H34ClN3O3/c1-21-14-23(11-10-22-8-6-5-7-9-22)19-35-29(21)18-30(38)31-28(34)20-36-37(31)27-16-24-12-13-25(15-26(24)17-27)32(39)40-33(2,3)4/h5-9,13-14,19-20,24,26-27H,12,15-18H2,1-4H3/t24-,26+,27?/m0/s1. The second-order valence-electron chi connectivity index (χ2n) is 11.8. The Hall–Kier alpha value is -3.69. The first-order chi connectivity index (χ1) is 19.1. The first-order valence-electron chi connectivity index (χ1n) is 13.8. The lowest BCUT2D eigenvalue weighted by Crippen LogP contribution is -2.27. The van der Waals surface area contributed by atoms with Crippen LogP contribution in [0.3, 0.4) is 0 Å². The number of benzene rings is 1. The van der Waals surface area contributed by atoms with Crippen LogP contribution in [0.4, 0.5) is 0 Å². The molecule has 0 bridgehead atoms. The van der Waals surface area contributed by atoms with E-state index in [-0.39, 0.29) is 24.2 Å². The van der Waals surface area contributed by atoms with Gasteiger partial charge in [-0.2, -0.15) is 5.10 Å². The Morgan fingerprint density at radius 1 is 1.07 bits per heavy atom. The quantitative estimate of drug-likeness (QED) is 0.199. The Morgan fingerprint density at radius 3 is 2.52 bits per heavy atom. The average Bonchev–Trinajstić information content (AvgIpc) is 3.51. The van der Waals surface area contributed by atoms with Gasteiger partial charge in [-0.15, -0.1) is 0 Å². The topological polar surface area (TPSA) is 74.1 Å². The zero-order chi connectivity index (χ0) is 28.4. The maximum Gasteiger partial charge on any atom is 0.334 e. The maximum atomic E-state index is 13.5. The summed E-state index contributed by atoms with van der Waals surface area (Å²) < 4.78 is 7.41. The number of nitrogens with zero attached hydrogens (tertiary/aromatic N) is 3. The molecule has 0 aliphatic heterocycles. The van der Waals surface area contributed by atoms with Crippen LogP contribution in [0.15, 0.2) is 60.4 Å². The van der Waals surface area contributed by atoms with Crippen LogP contribution in [0, 0.1) is 30.6 Å². The van der Waals surface area contributed by atoms with Gasteiger partial charge >= 0.3 is 5.97 Å². The van der Waals surface area contributed by atoms with Crippen LogP contribution in [-0.2, 0) is 16.0 Å². The first-order valence-corrected chi connectivity index (χ1v) is 14.2. The smallest absolute Gasteiger partial charge is 0.334 e. The van der Waals surface area contributed by atoms with Gasteiger partial charge in [0.05, 0.1) is 29.4 Å². The van der Waals surface area contributed by atoms with E-state index in [1.54, 1.807) is 12.4 Å². The van der Waals surface area contributed by atoms with E-state index in [2.05, 4.69) is 21.9 Å². The SMILES string of the molecule is Cc1cc(C#Cc2ccccc2)cnc1CC(=O)c1c(Cl)cnn1C1C[C@H]2CC(C(=O)OC(C)(C)C)=CC[C@H]2C1. The number of ketones is 1. The minimum Gasteiger partial charge on any atom is -0.457 e. The van der Waals surface area contributed by atoms with Crippen molar-refractivity contribution in [3.8, 4) is 11.8 Å². The van der Waals surface area contributed by atoms with Crippen LogP contribution in [0.5, 0.6) is 0 Å². The van der Waals surface area contributed by atoms with E-state index < -0.39 is 5.60 Å². The molecule has 3 aromatic rings. The van der Waals surface area contributed by atoms with Crippen molar-refractivity contribution in [1.29, 1.82) is 0 Å². The molecule has 0 spiro atoms. The minimum atomic E-state index is -0.517. The van der Waals surface area contributed by atoms with Gasteiger partial charge in [0.1, 0.15) is 11.3 Å². The molecule has 6 nitrogen and oxygen atoms in total. The number of hydrogen-bond acceptors (Lipinski definition) is 5. The zero-order valence-electron chi connectivity index (χ0n) is 23.4. The number of allylic oxidation sites excluding steroid dienone is 1. The molecule has 206 valence electrons. The summed E-state index contributed by atoms with van der Waals surface area (Å²) in [6, 6.07) is 11.8. The average molecular weight is 556 g/mol. The van der Waals surface area contributed by atoms with Crippen LogP contribution >= 0.6 is 11.6 Å². The Bertz CT molecular complexity index is 1520. The van der Waals surface area contributed by atoms with Crippen LogP contribution in [0.2, 0.25) is 5.02 Å². The molecule has 1 unspecified atom stereocenters. The lowest BCUT2D eigenvalue weighted by Gasteiger charge is -2.26. The summed E-state index contributed by atoms with van der Waals surface area (Å²) in [5.41, 5.74) is 4.01. The van der Waals surface area contributed by atoms with E-state index >= 15 is 0 Å². The summed E-state index contributed by atoms with van der Waals surface area (Å²) in [6.45, 7) is 7.59. The first kappa shape index (κ1) is 27.9. The molecule has 2 aromatic heterocycles. The molecule has 1 saturated carbocycles. The molecule has 0 amide bonds. The number of hydrogen-bond donors (Lipinski definition) is 0. The van der Waals surface area contributed by atoms with Gasteiger partial charge in [0, 0.05) is 22.9 Å². The number of aromatic nitrogens is 3. The van der Waals surface area contributed by atoms with Crippen molar-refractivity contribution in [2.24, 2.45) is 11.8 Å². The van der Waals surface area contributed by atoms with Gasteiger partial charge in [0.15, 0.2) is 5.78 Å². The van der Waals surface area contributed by atoms with Crippen molar-refractivity contribution in [2.45, 2.75) is 71.4 Å². The third kappa shape index (κ3) is 6.37. The Balaban J connectivity index is 1.27. The van der Waals surface area contributed by atoms with Gasteiger partial charge in [-0.05, 0) is 89.0 Å². The van der Waals surface area contributed by atoms with Gasteiger partial charge in [-0.3, -0.25) is 14.5 Å². The number of halogens is 1. The number of ether oxygens (including phenoxy) is 1. The van der Waals surface area contributed by atoms with E-state index in [9.17, 15) is 9.59 Å². The third-order valence-corrected chi connectivity index (χ3v) is 7.90. The van der Waals surface area contributed by atoms with E-state index in [4.69, 9.17) is 16.3 Å². The molecule has 1 aromatic carbocycles. The second-order valence-corrected chi connectivity index (χ2v) is 12.2. The number of Topliss-reactive ketones (excluding diaryl/α,β-unsaturated/α-hetero) is 1. The summed E-state index contributed by atoms with van der Waals surface area (Å²) in [6.07, 6.45) is 8.69. The van der Waals surface area contributed by atoms with Gasteiger partial charge in [-0.1, -0.05) is 47.7 Å². The molecule has 2 aliphatic rings. The highest BCUT2D eigenvalue weighted by molar-refractivity contribution is 6.33. The summed E-state index contributed by atoms with van der Waals surface area (Å²) in [5.74, 6) is 6.73. The molecule has 2 aliphatic carbocycles.